The third-order valence-corrected chi connectivity index (χ3v) is 2.96. The molecule has 1 aromatic rings. The first kappa shape index (κ1) is 13.2. The van der Waals surface area contributed by atoms with Gasteiger partial charge in [0.05, 0.1) is 6.54 Å². The Morgan fingerprint density at radius 1 is 1.44 bits per heavy atom. The van der Waals surface area contributed by atoms with E-state index in [9.17, 15) is 18.0 Å². The molecular weight excluding hydrogens is 269 g/mol. The van der Waals surface area contributed by atoms with Crippen molar-refractivity contribution in [1.29, 1.82) is 0 Å². The summed E-state index contributed by atoms with van der Waals surface area (Å²) in [6.45, 7) is -0.323. The van der Waals surface area contributed by atoms with Crippen molar-refractivity contribution >= 4 is 23.2 Å². The van der Waals surface area contributed by atoms with Gasteiger partial charge in [0.1, 0.15) is 6.04 Å². The molecule has 0 bridgehead atoms. The van der Waals surface area contributed by atoms with Crippen molar-refractivity contribution in [1.82, 2.24) is 4.90 Å². The molecule has 0 radical (unpaired) electrons. The van der Waals surface area contributed by atoms with Crippen LogP contribution < -0.4 is 5.32 Å². The van der Waals surface area contributed by atoms with Gasteiger partial charge in [-0.3, -0.25) is 9.69 Å². The second kappa shape index (κ2) is 4.44. The van der Waals surface area contributed by atoms with Crippen molar-refractivity contribution in [2.45, 2.75) is 12.2 Å². The van der Waals surface area contributed by atoms with Crippen molar-refractivity contribution in [2.24, 2.45) is 0 Å². The molecule has 0 aromatic heterocycles. The summed E-state index contributed by atoms with van der Waals surface area (Å²) in [6.07, 6.45) is -4.47. The molecule has 1 aromatic carbocycles. The third-order valence-electron chi connectivity index (χ3n) is 2.73. The van der Waals surface area contributed by atoms with E-state index in [2.05, 4.69) is 5.32 Å². The number of anilines is 1. The predicted octanol–water partition coefficient (Wildman–Crippen LogP) is 2.83. The zero-order valence-corrected chi connectivity index (χ0v) is 10.1. The van der Waals surface area contributed by atoms with Gasteiger partial charge >= 0.3 is 6.18 Å². The van der Waals surface area contributed by atoms with Gasteiger partial charge in [-0.15, -0.1) is 0 Å². The first-order valence-electron chi connectivity index (χ1n) is 5.15. The predicted molar refractivity (Wildman–Crippen MR) is 61.5 cm³/mol. The Bertz CT molecular complexity index is 490. The summed E-state index contributed by atoms with van der Waals surface area (Å²) >= 11 is 5.73. The Morgan fingerprint density at radius 3 is 2.72 bits per heavy atom. The molecule has 98 valence electrons. The molecule has 3 nitrogen and oxygen atoms in total. The molecule has 0 fully saturated rings. The maximum absolute atomic E-state index is 13.1. The van der Waals surface area contributed by atoms with Crippen molar-refractivity contribution in [3.8, 4) is 0 Å². The maximum atomic E-state index is 13.1. The fraction of sp³-hybridized carbons (Fsp3) is 0.364. The second-order valence-electron chi connectivity index (χ2n) is 4.14. The van der Waals surface area contributed by atoms with Gasteiger partial charge in [0.15, 0.2) is 0 Å². The number of nitrogens with zero attached hydrogens (tertiary/aromatic N) is 1. The fourth-order valence-electron chi connectivity index (χ4n) is 2.04. The normalized spacial score (nSPS) is 21.2. The molecule has 1 N–H and O–H groups in total. The number of carbonyl (C=O) groups is 1. The van der Waals surface area contributed by atoms with Crippen molar-refractivity contribution < 1.29 is 18.0 Å². The van der Waals surface area contributed by atoms with Crippen molar-refractivity contribution in [2.75, 3.05) is 18.9 Å². The number of fused-ring (bicyclic) bond motifs is 1. The van der Waals surface area contributed by atoms with Crippen molar-refractivity contribution in [3.05, 3.63) is 28.8 Å². The smallest absolute Gasteiger partial charge is 0.325 e. The minimum absolute atomic E-state index is 0.0386. The molecule has 2 rings (SSSR count). The first-order chi connectivity index (χ1) is 8.29. The highest BCUT2D eigenvalue weighted by Crippen LogP contribution is 2.42. The Labute approximate surface area is 107 Å². The second-order valence-corrected chi connectivity index (χ2v) is 4.58. The molecule has 0 spiro atoms. The highest BCUT2D eigenvalue weighted by Gasteiger charge is 2.46. The van der Waals surface area contributed by atoms with Crippen LogP contribution >= 0.6 is 11.6 Å². The van der Waals surface area contributed by atoms with E-state index in [-0.39, 0.29) is 22.8 Å². The number of hydrogen-bond acceptors (Lipinski definition) is 2. The van der Waals surface area contributed by atoms with Gasteiger partial charge in [0.25, 0.3) is 0 Å². The SMILES string of the molecule is CN1CC(=O)Nc2ccc(Cl)cc2C1C(F)(F)F. The molecule has 0 saturated heterocycles. The summed E-state index contributed by atoms with van der Waals surface area (Å²) in [5.74, 6) is -0.479. The Hall–Kier alpha value is -1.27. The van der Waals surface area contributed by atoms with Crippen molar-refractivity contribution in [3.63, 3.8) is 0 Å². The Balaban J connectivity index is 2.59. The molecule has 18 heavy (non-hydrogen) atoms. The van der Waals surface area contributed by atoms with Gasteiger partial charge in [0.2, 0.25) is 5.91 Å². The third kappa shape index (κ3) is 2.44. The average Bonchev–Trinajstić information content (AvgIpc) is 2.31. The van der Waals surface area contributed by atoms with E-state index in [1.165, 1.54) is 25.2 Å². The van der Waals surface area contributed by atoms with E-state index in [1.807, 2.05) is 0 Å². The largest absolute Gasteiger partial charge is 0.408 e. The Kier molecular flexibility index (Phi) is 3.25. The van der Waals surface area contributed by atoms with E-state index >= 15 is 0 Å². The van der Waals surface area contributed by atoms with Gasteiger partial charge in [-0.05, 0) is 25.2 Å². The summed E-state index contributed by atoms with van der Waals surface area (Å²) in [6, 6.07) is 2.22. The molecule has 1 aliphatic rings. The molecule has 1 unspecified atom stereocenters. The quantitative estimate of drug-likeness (QED) is 0.791. The van der Waals surface area contributed by atoms with Crippen LogP contribution in [0.5, 0.6) is 0 Å². The monoisotopic (exact) mass is 278 g/mol. The molecule has 1 aliphatic heterocycles. The van der Waals surface area contributed by atoms with Gasteiger partial charge in [-0.2, -0.15) is 13.2 Å². The standard InChI is InChI=1S/C11H10ClF3N2O/c1-17-5-9(18)16-8-3-2-6(12)4-7(8)10(17)11(13,14)15/h2-4,10H,5H2,1H3,(H,16,18). The lowest BCUT2D eigenvalue weighted by molar-refractivity contribution is -0.182. The van der Waals surface area contributed by atoms with Gasteiger partial charge < -0.3 is 5.32 Å². The molecule has 7 heteroatoms. The van der Waals surface area contributed by atoms with Crippen LogP contribution in [-0.2, 0) is 4.79 Å². The number of nitrogens with one attached hydrogen (secondary N) is 1. The summed E-state index contributed by atoms with van der Waals surface area (Å²) in [7, 11) is 1.26. The number of hydrogen-bond donors (Lipinski definition) is 1. The lowest BCUT2D eigenvalue weighted by Crippen LogP contribution is -2.37. The molecule has 0 saturated carbocycles. The summed E-state index contributed by atoms with van der Waals surface area (Å²) in [5.41, 5.74) is 0.111. The topological polar surface area (TPSA) is 32.3 Å². The highest BCUT2D eigenvalue weighted by molar-refractivity contribution is 6.30. The number of likely N-dealkylation sites (N-methyl/N-ethyl adjacent to an activating group) is 1. The van der Waals surface area contributed by atoms with Crippen LogP contribution in [0.1, 0.15) is 11.6 Å². The molecule has 0 aliphatic carbocycles. The minimum Gasteiger partial charge on any atom is -0.325 e. The van der Waals surface area contributed by atoms with Gasteiger partial charge in [-0.25, -0.2) is 0 Å². The number of halogens is 4. The van der Waals surface area contributed by atoms with Crippen LogP contribution in [-0.4, -0.2) is 30.6 Å². The van der Waals surface area contributed by atoms with Gasteiger partial charge in [0, 0.05) is 16.3 Å². The number of rotatable bonds is 0. The van der Waals surface area contributed by atoms with Crippen LogP contribution in [0.15, 0.2) is 18.2 Å². The number of carbonyl (C=O) groups excluding carboxylic acids is 1. The van der Waals surface area contributed by atoms with E-state index in [0.29, 0.717) is 0 Å². The average molecular weight is 279 g/mol. The lowest BCUT2D eigenvalue weighted by Gasteiger charge is -2.28. The van der Waals surface area contributed by atoms with Crippen LogP contribution in [0.4, 0.5) is 18.9 Å². The van der Waals surface area contributed by atoms with E-state index in [1.54, 1.807) is 0 Å². The van der Waals surface area contributed by atoms with Crippen LogP contribution in [0.2, 0.25) is 5.02 Å². The molecule has 1 atom stereocenters. The van der Waals surface area contributed by atoms with Crippen LogP contribution in [0.25, 0.3) is 0 Å². The number of amides is 1. The summed E-state index contributed by atoms with van der Waals surface area (Å²) in [5, 5.41) is 2.64. The molecule has 1 heterocycles. The minimum atomic E-state index is -4.47. The highest BCUT2D eigenvalue weighted by atomic mass is 35.5. The van der Waals surface area contributed by atoms with Crippen LogP contribution in [0.3, 0.4) is 0 Å². The van der Waals surface area contributed by atoms with Gasteiger partial charge in [-0.1, -0.05) is 11.6 Å². The number of benzene rings is 1. The molecular formula is C11H10ClF3N2O. The number of alkyl halides is 3. The van der Waals surface area contributed by atoms with Crippen LogP contribution in [0, 0.1) is 0 Å². The summed E-state index contributed by atoms with van der Waals surface area (Å²) in [4.78, 5) is 12.4. The van der Waals surface area contributed by atoms with E-state index < -0.39 is 18.1 Å². The van der Waals surface area contributed by atoms with E-state index in [4.69, 9.17) is 11.6 Å². The maximum Gasteiger partial charge on any atom is 0.408 e. The Morgan fingerprint density at radius 2 is 2.11 bits per heavy atom. The zero-order chi connectivity index (χ0) is 13.5. The molecule has 1 amide bonds. The zero-order valence-electron chi connectivity index (χ0n) is 9.38. The summed E-state index contributed by atoms with van der Waals surface area (Å²) < 4.78 is 39.3. The van der Waals surface area contributed by atoms with E-state index in [0.717, 1.165) is 4.90 Å². The lowest BCUT2D eigenvalue weighted by atomic mass is 10.0. The first-order valence-corrected chi connectivity index (χ1v) is 5.53. The fourth-order valence-corrected chi connectivity index (χ4v) is 2.23.